The number of carbonyl (C=O) groups is 1. The van der Waals surface area contributed by atoms with Crippen molar-refractivity contribution in [3.63, 3.8) is 0 Å². The molecular formula is C10H4BrFN2O. The van der Waals surface area contributed by atoms with Crippen molar-refractivity contribution in [1.82, 2.24) is 0 Å². The highest BCUT2D eigenvalue weighted by Crippen LogP contribution is 2.22. The van der Waals surface area contributed by atoms with Gasteiger partial charge in [-0.1, -0.05) is 6.07 Å². The van der Waals surface area contributed by atoms with Gasteiger partial charge in [0, 0.05) is 4.47 Å². The lowest BCUT2D eigenvalue weighted by Gasteiger charge is -2.04. The van der Waals surface area contributed by atoms with E-state index in [2.05, 4.69) is 15.9 Å². The van der Waals surface area contributed by atoms with Gasteiger partial charge in [-0.3, -0.25) is 4.79 Å². The van der Waals surface area contributed by atoms with Crippen LogP contribution in [0, 0.1) is 34.4 Å². The largest absolute Gasteiger partial charge is 0.291 e. The summed E-state index contributed by atoms with van der Waals surface area (Å²) in [6, 6.07) is 7.01. The Morgan fingerprint density at radius 3 is 2.47 bits per heavy atom. The fraction of sp³-hybridized carbons (Fsp3) is 0.100. The number of nitrogens with zero attached hydrogens (tertiary/aromatic N) is 2. The minimum absolute atomic E-state index is 0.239. The zero-order chi connectivity index (χ0) is 11.4. The highest BCUT2D eigenvalue weighted by atomic mass is 79.9. The highest BCUT2D eigenvalue weighted by Gasteiger charge is 2.24. The quantitative estimate of drug-likeness (QED) is 0.773. The summed E-state index contributed by atoms with van der Waals surface area (Å²) in [5.74, 6) is -3.05. The average Bonchev–Trinajstić information content (AvgIpc) is 2.19. The number of rotatable bonds is 2. The van der Waals surface area contributed by atoms with Gasteiger partial charge in [0.1, 0.15) is 5.82 Å². The minimum atomic E-state index is -1.47. The molecule has 0 saturated carbocycles. The van der Waals surface area contributed by atoms with Gasteiger partial charge in [-0.2, -0.15) is 10.5 Å². The first-order chi connectivity index (χ1) is 7.11. The number of nitriles is 2. The molecule has 5 heteroatoms. The van der Waals surface area contributed by atoms with Crippen molar-refractivity contribution in [2.75, 3.05) is 0 Å². The molecule has 3 nitrogen and oxygen atoms in total. The molecule has 0 saturated heterocycles. The lowest BCUT2D eigenvalue weighted by Crippen LogP contribution is -2.13. The molecule has 0 bridgehead atoms. The Balaban J connectivity index is 3.25. The zero-order valence-corrected chi connectivity index (χ0v) is 8.95. The molecule has 0 aliphatic heterocycles. The van der Waals surface area contributed by atoms with E-state index in [-0.39, 0.29) is 10.0 Å². The molecule has 0 radical (unpaired) electrons. The van der Waals surface area contributed by atoms with Crippen LogP contribution in [0.5, 0.6) is 0 Å². The second kappa shape index (κ2) is 4.68. The topological polar surface area (TPSA) is 64.7 Å². The van der Waals surface area contributed by atoms with E-state index in [1.807, 2.05) is 0 Å². The summed E-state index contributed by atoms with van der Waals surface area (Å²) in [6.45, 7) is 0. The van der Waals surface area contributed by atoms with Crippen LogP contribution in [0.3, 0.4) is 0 Å². The molecule has 74 valence electrons. The van der Waals surface area contributed by atoms with Crippen LogP contribution in [0.2, 0.25) is 0 Å². The molecule has 1 aromatic carbocycles. The van der Waals surface area contributed by atoms with Crippen molar-refractivity contribution in [2.45, 2.75) is 0 Å². The number of hydrogen-bond donors (Lipinski definition) is 0. The number of Topliss-reactive ketones (excluding diaryl/α,β-unsaturated/α-hetero) is 1. The standard InChI is InChI=1S/C10H4BrFN2O/c11-7-2-1-3-8(12)9(7)10(15)6(4-13)5-14/h1-3,6H. The fourth-order valence-corrected chi connectivity index (χ4v) is 1.56. The maximum atomic E-state index is 13.3. The molecule has 1 rings (SSSR count). The van der Waals surface area contributed by atoms with Gasteiger partial charge in [-0.05, 0) is 28.1 Å². The van der Waals surface area contributed by atoms with Crippen molar-refractivity contribution in [1.29, 1.82) is 10.5 Å². The van der Waals surface area contributed by atoms with E-state index in [9.17, 15) is 9.18 Å². The van der Waals surface area contributed by atoms with Gasteiger partial charge in [0.25, 0.3) is 0 Å². The molecule has 0 aliphatic rings. The van der Waals surface area contributed by atoms with Crippen LogP contribution in [0.25, 0.3) is 0 Å². The van der Waals surface area contributed by atoms with Crippen LogP contribution in [0.15, 0.2) is 22.7 Å². The van der Waals surface area contributed by atoms with Crippen LogP contribution < -0.4 is 0 Å². The predicted molar refractivity (Wildman–Crippen MR) is 53.1 cm³/mol. The average molecular weight is 267 g/mol. The first-order valence-electron chi connectivity index (χ1n) is 3.89. The summed E-state index contributed by atoms with van der Waals surface area (Å²) < 4.78 is 13.5. The molecule has 0 amide bonds. The zero-order valence-electron chi connectivity index (χ0n) is 7.37. The maximum Gasteiger partial charge on any atom is 0.198 e. The number of benzene rings is 1. The molecule has 15 heavy (non-hydrogen) atoms. The first-order valence-corrected chi connectivity index (χ1v) is 4.68. The molecule has 0 atom stereocenters. The predicted octanol–water partition coefficient (Wildman–Crippen LogP) is 2.43. The summed E-state index contributed by atoms with van der Waals surface area (Å²) >= 11 is 2.99. The first kappa shape index (κ1) is 11.4. The molecule has 1 aromatic rings. The SMILES string of the molecule is N#CC(C#N)C(=O)c1c(F)cccc1Br. The third-order valence-electron chi connectivity index (χ3n) is 1.73. The second-order valence-electron chi connectivity index (χ2n) is 2.65. The van der Waals surface area contributed by atoms with E-state index in [4.69, 9.17) is 10.5 Å². The van der Waals surface area contributed by atoms with Crippen LogP contribution >= 0.6 is 15.9 Å². The molecule has 0 N–H and O–H groups in total. The van der Waals surface area contributed by atoms with Crippen molar-refractivity contribution < 1.29 is 9.18 Å². The summed E-state index contributed by atoms with van der Waals surface area (Å²) in [4.78, 5) is 11.5. The molecule has 0 heterocycles. The van der Waals surface area contributed by atoms with E-state index >= 15 is 0 Å². The normalized spacial score (nSPS) is 9.40. The minimum Gasteiger partial charge on any atom is -0.291 e. The lowest BCUT2D eigenvalue weighted by molar-refractivity contribution is 0.0966. The summed E-state index contributed by atoms with van der Waals surface area (Å²) in [7, 11) is 0. The Morgan fingerprint density at radius 2 is 2.00 bits per heavy atom. The number of carbonyl (C=O) groups excluding carboxylic acids is 1. The Labute approximate surface area is 93.9 Å². The van der Waals surface area contributed by atoms with Crippen LogP contribution in [-0.4, -0.2) is 5.78 Å². The van der Waals surface area contributed by atoms with Gasteiger partial charge < -0.3 is 0 Å². The van der Waals surface area contributed by atoms with Gasteiger partial charge in [-0.25, -0.2) is 4.39 Å². The summed E-state index contributed by atoms with van der Waals surface area (Å²) in [6.07, 6.45) is 0. The summed E-state index contributed by atoms with van der Waals surface area (Å²) in [5, 5.41) is 17.0. The molecular weight excluding hydrogens is 263 g/mol. The number of halogens is 2. The van der Waals surface area contributed by atoms with Gasteiger partial charge in [-0.15, -0.1) is 0 Å². The van der Waals surface area contributed by atoms with Gasteiger partial charge >= 0.3 is 0 Å². The van der Waals surface area contributed by atoms with Gasteiger partial charge in [0.2, 0.25) is 0 Å². The van der Waals surface area contributed by atoms with Crippen LogP contribution in [0.1, 0.15) is 10.4 Å². The van der Waals surface area contributed by atoms with Crippen molar-refractivity contribution in [3.8, 4) is 12.1 Å². The molecule has 0 fully saturated rings. The number of hydrogen-bond acceptors (Lipinski definition) is 3. The van der Waals surface area contributed by atoms with E-state index < -0.39 is 17.5 Å². The van der Waals surface area contributed by atoms with Crippen LogP contribution in [-0.2, 0) is 0 Å². The van der Waals surface area contributed by atoms with Crippen molar-refractivity contribution >= 4 is 21.7 Å². The Hall–Kier alpha value is -1.72. The number of ketones is 1. The molecule has 0 unspecified atom stereocenters. The van der Waals surface area contributed by atoms with E-state index in [1.54, 1.807) is 0 Å². The fourth-order valence-electron chi connectivity index (χ4n) is 1.02. The smallest absolute Gasteiger partial charge is 0.198 e. The van der Waals surface area contributed by atoms with Crippen LogP contribution in [0.4, 0.5) is 4.39 Å². The Bertz CT molecular complexity index is 453. The second-order valence-corrected chi connectivity index (χ2v) is 3.51. The monoisotopic (exact) mass is 266 g/mol. The van der Waals surface area contributed by atoms with Crippen molar-refractivity contribution in [3.05, 3.63) is 34.1 Å². The van der Waals surface area contributed by atoms with Gasteiger partial charge in [0.05, 0.1) is 17.7 Å². The molecule has 0 spiro atoms. The van der Waals surface area contributed by atoms with E-state index in [0.717, 1.165) is 6.07 Å². The molecule has 0 aromatic heterocycles. The molecule has 0 aliphatic carbocycles. The van der Waals surface area contributed by atoms with Gasteiger partial charge in [0.15, 0.2) is 11.7 Å². The lowest BCUT2D eigenvalue weighted by atomic mass is 10.00. The Morgan fingerprint density at radius 1 is 1.40 bits per heavy atom. The third-order valence-corrected chi connectivity index (χ3v) is 2.39. The van der Waals surface area contributed by atoms with Crippen molar-refractivity contribution in [2.24, 2.45) is 5.92 Å². The van der Waals surface area contributed by atoms with E-state index in [1.165, 1.54) is 24.3 Å². The highest BCUT2D eigenvalue weighted by molar-refractivity contribution is 9.10. The Kier molecular flexibility index (Phi) is 3.54. The maximum absolute atomic E-state index is 13.3. The van der Waals surface area contributed by atoms with E-state index in [0.29, 0.717) is 0 Å². The summed E-state index contributed by atoms with van der Waals surface area (Å²) in [5.41, 5.74) is -0.259. The third kappa shape index (κ3) is 2.20.